The minimum Gasteiger partial charge on any atom is -0.468 e. The van der Waals surface area contributed by atoms with Gasteiger partial charge in [-0.25, -0.2) is 0 Å². The Kier molecular flexibility index (Phi) is 3.78. The summed E-state index contributed by atoms with van der Waals surface area (Å²) in [6.45, 7) is 0. The first-order valence-corrected chi connectivity index (χ1v) is 5.65. The van der Waals surface area contributed by atoms with Gasteiger partial charge in [0.05, 0.1) is 12.3 Å². The molecule has 0 aliphatic carbocycles. The summed E-state index contributed by atoms with van der Waals surface area (Å²) in [5.41, 5.74) is 1.37. The highest BCUT2D eigenvalue weighted by molar-refractivity contribution is 5.15. The Morgan fingerprint density at radius 3 is 2.56 bits per heavy atom. The third-order valence-corrected chi connectivity index (χ3v) is 2.80. The summed E-state index contributed by atoms with van der Waals surface area (Å²) in [5.74, 6) is 1.01. The van der Waals surface area contributed by atoms with Crippen LogP contribution in [0.3, 0.4) is 0 Å². The smallest absolute Gasteiger partial charge is 0.120 e. The number of aryl methyl sites for hydroxylation is 1. The van der Waals surface area contributed by atoms with Crippen molar-refractivity contribution in [3.63, 3.8) is 0 Å². The van der Waals surface area contributed by atoms with Gasteiger partial charge in [0.15, 0.2) is 0 Å². The highest BCUT2D eigenvalue weighted by Crippen LogP contribution is 2.19. The van der Waals surface area contributed by atoms with E-state index in [0.29, 0.717) is 6.04 Å². The second-order valence-electron chi connectivity index (χ2n) is 3.88. The van der Waals surface area contributed by atoms with Crippen molar-refractivity contribution in [3.8, 4) is 0 Å². The molecular formula is C14H17NO. The van der Waals surface area contributed by atoms with Gasteiger partial charge in [0, 0.05) is 0 Å². The van der Waals surface area contributed by atoms with Crippen LogP contribution in [0.4, 0.5) is 0 Å². The van der Waals surface area contributed by atoms with Crippen molar-refractivity contribution in [1.29, 1.82) is 0 Å². The summed E-state index contributed by atoms with van der Waals surface area (Å²) in [6.07, 6.45) is 3.84. The van der Waals surface area contributed by atoms with Crippen molar-refractivity contribution in [2.24, 2.45) is 0 Å². The van der Waals surface area contributed by atoms with Crippen LogP contribution in [0.1, 0.15) is 23.8 Å². The van der Waals surface area contributed by atoms with E-state index in [4.69, 9.17) is 4.42 Å². The summed E-state index contributed by atoms with van der Waals surface area (Å²) >= 11 is 0. The second-order valence-corrected chi connectivity index (χ2v) is 3.88. The van der Waals surface area contributed by atoms with Crippen molar-refractivity contribution in [3.05, 3.63) is 60.1 Å². The molecule has 0 fully saturated rings. The molecule has 1 aromatic heterocycles. The molecule has 0 aliphatic heterocycles. The molecule has 0 unspecified atom stereocenters. The normalized spacial score (nSPS) is 12.6. The van der Waals surface area contributed by atoms with Gasteiger partial charge >= 0.3 is 0 Å². The molecule has 0 radical (unpaired) electrons. The van der Waals surface area contributed by atoms with E-state index >= 15 is 0 Å². The minimum atomic E-state index is 0.301. The van der Waals surface area contributed by atoms with E-state index in [9.17, 15) is 0 Å². The number of furan rings is 1. The Morgan fingerprint density at radius 1 is 1.12 bits per heavy atom. The largest absolute Gasteiger partial charge is 0.468 e. The Labute approximate surface area is 96.3 Å². The fraction of sp³-hybridized carbons (Fsp3) is 0.286. The lowest BCUT2D eigenvalue weighted by atomic mass is 10.0. The quantitative estimate of drug-likeness (QED) is 0.828. The predicted octanol–water partition coefficient (Wildman–Crippen LogP) is 3.17. The van der Waals surface area contributed by atoms with E-state index in [1.165, 1.54) is 5.56 Å². The van der Waals surface area contributed by atoms with Crippen LogP contribution in [0.15, 0.2) is 53.1 Å². The van der Waals surface area contributed by atoms with Crippen molar-refractivity contribution in [1.82, 2.24) is 5.32 Å². The molecule has 16 heavy (non-hydrogen) atoms. The molecule has 1 atom stereocenters. The Bertz CT molecular complexity index is 394. The van der Waals surface area contributed by atoms with Gasteiger partial charge in [-0.05, 0) is 37.6 Å². The van der Waals surface area contributed by atoms with E-state index in [-0.39, 0.29) is 0 Å². The topological polar surface area (TPSA) is 25.2 Å². The molecule has 2 nitrogen and oxygen atoms in total. The third-order valence-electron chi connectivity index (χ3n) is 2.80. The average Bonchev–Trinajstić information content (AvgIpc) is 2.85. The van der Waals surface area contributed by atoms with E-state index in [1.54, 1.807) is 6.26 Å². The average molecular weight is 215 g/mol. The molecule has 84 valence electrons. The molecular weight excluding hydrogens is 198 g/mol. The van der Waals surface area contributed by atoms with Gasteiger partial charge in [-0.2, -0.15) is 0 Å². The maximum Gasteiger partial charge on any atom is 0.120 e. The molecule has 0 bridgehead atoms. The van der Waals surface area contributed by atoms with Gasteiger partial charge < -0.3 is 9.73 Å². The second kappa shape index (κ2) is 5.52. The molecule has 1 aromatic carbocycles. The van der Waals surface area contributed by atoms with Gasteiger partial charge in [0.2, 0.25) is 0 Å². The molecule has 2 heteroatoms. The number of benzene rings is 1. The molecule has 0 spiro atoms. The summed E-state index contributed by atoms with van der Waals surface area (Å²) in [5, 5.41) is 3.28. The van der Waals surface area contributed by atoms with Crippen molar-refractivity contribution in [2.45, 2.75) is 18.9 Å². The van der Waals surface area contributed by atoms with Crippen LogP contribution in [-0.2, 0) is 6.42 Å². The van der Waals surface area contributed by atoms with Crippen molar-refractivity contribution >= 4 is 0 Å². The molecule has 1 heterocycles. The summed E-state index contributed by atoms with van der Waals surface area (Å²) in [4.78, 5) is 0. The molecule has 0 aliphatic rings. The Morgan fingerprint density at radius 2 is 1.94 bits per heavy atom. The number of hydrogen-bond donors (Lipinski definition) is 1. The third kappa shape index (κ3) is 2.74. The van der Waals surface area contributed by atoms with Crippen LogP contribution in [0.2, 0.25) is 0 Å². The molecule has 0 amide bonds. The van der Waals surface area contributed by atoms with Crippen LogP contribution < -0.4 is 5.32 Å². The predicted molar refractivity (Wildman–Crippen MR) is 65.3 cm³/mol. The lowest BCUT2D eigenvalue weighted by Gasteiger charge is -2.13. The van der Waals surface area contributed by atoms with Crippen LogP contribution in [0, 0.1) is 0 Å². The summed E-state index contributed by atoms with van der Waals surface area (Å²) < 4.78 is 5.41. The standard InChI is InChI=1S/C14H17NO/c1-15-13(14-8-5-11-16-14)10-9-12-6-3-2-4-7-12/h2-8,11,13,15H,9-10H2,1H3/t13-/m0/s1. The van der Waals surface area contributed by atoms with Gasteiger partial charge in [0.1, 0.15) is 5.76 Å². The first-order chi connectivity index (χ1) is 7.90. The van der Waals surface area contributed by atoms with Gasteiger partial charge in [-0.15, -0.1) is 0 Å². The van der Waals surface area contributed by atoms with E-state index in [0.717, 1.165) is 18.6 Å². The van der Waals surface area contributed by atoms with Crippen molar-refractivity contribution in [2.75, 3.05) is 7.05 Å². The summed E-state index contributed by atoms with van der Waals surface area (Å²) in [6, 6.07) is 14.8. The first-order valence-electron chi connectivity index (χ1n) is 5.65. The van der Waals surface area contributed by atoms with E-state index in [2.05, 4.69) is 29.6 Å². The molecule has 0 saturated heterocycles. The van der Waals surface area contributed by atoms with Crippen LogP contribution in [0.5, 0.6) is 0 Å². The molecule has 2 rings (SSSR count). The van der Waals surface area contributed by atoms with Gasteiger partial charge in [0.25, 0.3) is 0 Å². The van der Waals surface area contributed by atoms with Crippen LogP contribution in [-0.4, -0.2) is 7.05 Å². The molecule has 0 saturated carbocycles. The van der Waals surface area contributed by atoms with Crippen molar-refractivity contribution < 1.29 is 4.42 Å². The molecule has 1 N–H and O–H groups in total. The highest BCUT2D eigenvalue weighted by atomic mass is 16.3. The summed E-state index contributed by atoms with van der Waals surface area (Å²) in [7, 11) is 1.97. The number of rotatable bonds is 5. The minimum absolute atomic E-state index is 0.301. The number of nitrogens with one attached hydrogen (secondary N) is 1. The van der Waals surface area contributed by atoms with E-state index < -0.39 is 0 Å². The Hall–Kier alpha value is -1.54. The van der Waals surface area contributed by atoms with E-state index in [1.807, 2.05) is 25.2 Å². The maximum atomic E-state index is 5.41. The number of hydrogen-bond acceptors (Lipinski definition) is 2. The van der Waals surface area contributed by atoms with Crippen LogP contribution in [0.25, 0.3) is 0 Å². The lowest BCUT2D eigenvalue weighted by Crippen LogP contribution is -2.16. The van der Waals surface area contributed by atoms with Gasteiger partial charge in [-0.3, -0.25) is 0 Å². The molecule has 2 aromatic rings. The fourth-order valence-electron chi connectivity index (χ4n) is 1.87. The van der Waals surface area contributed by atoms with Crippen LogP contribution >= 0.6 is 0 Å². The zero-order valence-corrected chi connectivity index (χ0v) is 9.52. The van der Waals surface area contributed by atoms with Gasteiger partial charge in [-0.1, -0.05) is 30.3 Å². The fourth-order valence-corrected chi connectivity index (χ4v) is 1.87. The maximum absolute atomic E-state index is 5.41. The highest BCUT2D eigenvalue weighted by Gasteiger charge is 2.11. The zero-order chi connectivity index (χ0) is 11.2. The monoisotopic (exact) mass is 215 g/mol. The SMILES string of the molecule is CN[C@@H](CCc1ccccc1)c1ccco1. The first kappa shape index (κ1) is 11.0. The lowest BCUT2D eigenvalue weighted by molar-refractivity contribution is 0.415. The zero-order valence-electron chi connectivity index (χ0n) is 9.52. The Balaban J connectivity index is 1.94.